The summed E-state index contributed by atoms with van der Waals surface area (Å²) < 4.78 is 12.9. The molecule has 22 heavy (non-hydrogen) atoms. The number of benzene rings is 1. The predicted molar refractivity (Wildman–Crippen MR) is 79.8 cm³/mol. The lowest BCUT2D eigenvalue weighted by atomic mass is 10.0. The Morgan fingerprint density at radius 2 is 1.91 bits per heavy atom. The van der Waals surface area contributed by atoms with Crippen LogP contribution in [0.25, 0.3) is 0 Å². The third kappa shape index (κ3) is 3.65. The van der Waals surface area contributed by atoms with Gasteiger partial charge in [-0.2, -0.15) is 0 Å². The molecule has 2 rings (SSSR count). The van der Waals surface area contributed by atoms with Gasteiger partial charge < -0.3 is 10.4 Å². The molecule has 2 aromatic rings. The van der Waals surface area contributed by atoms with E-state index in [-0.39, 0.29) is 11.7 Å². The van der Waals surface area contributed by atoms with Crippen molar-refractivity contribution in [3.05, 3.63) is 58.9 Å². The highest BCUT2D eigenvalue weighted by Crippen LogP contribution is 2.17. The third-order valence-electron chi connectivity index (χ3n) is 3.39. The minimum atomic E-state index is -0.934. The topological polar surface area (TPSA) is 75.1 Å². The van der Waals surface area contributed by atoms with Gasteiger partial charge in [0.05, 0.1) is 23.4 Å². The second kappa shape index (κ2) is 6.62. The van der Waals surface area contributed by atoms with Crippen molar-refractivity contribution in [1.82, 2.24) is 15.3 Å². The van der Waals surface area contributed by atoms with E-state index in [4.69, 9.17) is 0 Å². The van der Waals surface area contributed by atoms with E-state index in [0.717, 1.165) is 0 Å². The van der Waals surface area contributed by atoms with Gasteiger partial charge in [-0.05, 0) is 38.5 Å². The summed E-state index contributed by atoms with van der Waals surface area (Å²) in [6, 6.07) is 4.97. The van der Waals surface area contributed by atoms with Crippen LogP contribution in [-0.4, -0.2) is 27.0 Å². The summed E-state index contributed by atoms with van der Waals surface area (Å²) in [6.07, 6.45) is 0.528. The first-order valence-corrected chi connectivity index (χ1v) is 6.93. The van der Waals surface area contributed by atoms with Crippen molar-refractivity contribution in [2.45, 2.75) is 32.9 Å². The summed E-state index contributed by atoms with van der Waals surface area (Å²) in [5.74, 6) is -0.139. The Morgan fingerprint density at radius 1 is 1.27 bits per heavy atom. The highest BCUT2D eigenvalue weighted by Gasteiger charge is 2.20. The van der Waals surface area contributed by atoms with Crippen LogP contribution >= 0.6 is 0 Å². The molecule has 0 saturated heterocycles. The van der Waals surface area contributed by atoms with E-state index in [9.17, 15) is 14.3 Å². The fourth-order valence-electron chi connectivity index (χ4n) is 2.12. The number of aromatic nitrogens is 2. The van der Waals surface area contributed by atoms with Gasteiger partial charge >= 0.3 is 0 Å². The molecule has 2 atom stereocenters. The second-order valence-corrected chi connectivity index (χ2v) is 5.17. The molecule has 0 aliphatic carbocycles. The molecule has 1 aromatic carbocycles. The first kappa shape index (κ1) is 16.0. The molecule has 0 saturated carbocycles. The van der Waals surface area contributed by atoms with Crippen LogP contribution in [-0.2, 0) is 0 Å². The molecule has 2 unspecified atom stereocenters. The molecular weight excluding hydrogens is 285 g/mol. The molecule has 0 bridgehead atoms. The number of halogens is 1. The highest BCUT2D eigenvalue weighted by atomic mass is 19.1. The molecule has 0 radical (unpaired) electrons. The molecule has 0 fully saturated rings. The number of nitrogens with one attached hydrogen (secondary N) is 1. The normalized spacial score (nSPS) is 13.5. The SMILES string of the molecule is Cc1ncc(C(=O)NC(C)C(O)c2ccc(F)cc2)c(C)n1. The number of carbonyl (C=O) groups is 1. The molecule has 1 aromatic heterocycles. The summed E-state index contributed by atoms with van der Waals surface area (Å²) in [5.41, 5.74) is 1.48. The van der Waals surface area contributed by atoms with Gasteiger partial charge in [0.25, 0.3) is 5.91 Å². The maximum atomic E-state index is 12.9. The first-order chi connectivity index (χ1) is 10.4. The first-order valence-electron chi connectivity index (χ1n) is 6.93. The molecule has 2 N–H and O–H groups in total. The van der Waals surface area contributed by atoms with Crippen LogP contribution in [0.5, 0.6) is 0 Å². The summed E-state index contributed by atoms with van der Waals surface area (Å²) in [7, 11) is 0. The minimum Gasteiger partial charge on any atom is -0.386 e. The number of aliphatic hydroxyl groups is 1. The van der Waals surface area contributed by atoms with E-state index < -0.39 is 12.1 Å². The van der Waals surface area contributed by atoms with Crippen molar-refractivity contribution in [3.8, 4) is 0 Å². The van der Waals surface area contributed by atoms with Gasteiger partial charge in [-0.25, -0.2) is 14.4 Å². The molecule has 5 nitrogen and oxygen atoms in total. The van der Waals surface area contributed by atoms with E-state index in [1.54, 1.807) is 20.8 Å². The Kier molecular flexibility index (Phi) is 4.82. The van der Waals surface area contributed by atoms with Gasteiger partial charge in [-0.1, -0.05) is 12.1 Å². The average molecular weight is 303 g/mol. The molecule has 0 aliphatic heterocycles. The van der Waals surface area contributed by atoms with Gasteiger partial charge in [0.15, 0.2) is 0 Å². The largest absolute Gasteiger partial charge is 0.386 e. The Hall–Kier alpha value is -2.34. The molecule has 1 amide bonds. The van der Waals surface area contributed by atoms with E-state index in [2.05, 4.69) is 15.3 Å². The van der Waals surface area contributed by atoms with E-state index in [1.165, 1.54) is 30.5 Å². The number of nitrogens with zero attached hydrogens (tertiary/aromatic N) is 2. The van der Waals surface area contributed by atoms with Crippen LogP contribution in [0.4, 0.5) is 4.39 Å². The number of hydrogen-bond donors (Lipinski definition) is 2. The average Bonchev–Trinajstić information content (AvgIpc) is 2.47. The molecule has 1 heterocycles. The van der Waals surface area contributed by atoms with Crippen LogP contribution < -0.4 is 5.32 Å². The van der Waals surface area contributed by atoms with Crippen molar-refractivity contribution in [1.29, 1.82) is 0 Å². The zero-order valence-electron chi connectivity index (χ0n) is 12.7. The van der Waals surface area contributed by atoms with Crippen LogP contribution in [0, 0.1) is 19.7 Å². The number of aryl methyl sites for hydroxylation is 2. The van der Waals surface area contributed by atoms with Gasteiger partial charge in [-0.15, -0.1) is 0 Å². The number of aliphatic hydroxyl groups excluding tert-OH is 1. The second-order valence-electron chi connectivity index (χ2n) is 5.17. The molecule has 0 aliphatic rings. The molecular formula is C16H18FN3O2. The number of amides is 1. The third-order valence-corrected chi connectivity index (χ3v) is 3.39. The smallest absolute Gasteiger partial charge is 0.255 e. The predicted octanol–water partition coefficient (Wildman–Crippen LogP) is 2.08. The molecule has 0 spiro atoms. The van der Waals surface area contributed by atoms with Gasteiger partial charge in [-0.3, -0.25) is 4.79 Å². The van der Waals surface area contributed by atoms with Gasteiger partial charge in [0.2, 0.25) is 0 Å². The zero-order chi connectivity index (χ0) is 16.3. The quantitative estimate of drug-likeness (QED) is 0.907. The number of carbonyl (C=O) groups excluding carboxylic acids is 1. The number of hydrogen-bond acceptors (Lipinski definition) is 4. The fraction of sp³-hybridized carbons (Fsp3) is 0.312. The monoisotopic (exact) mass is 303 g/mol. The van der Waals surface area contributed by atoms with Gasteiger partial charge in [0.1, 0.15) is 11.6 Å². The van der Waals surface area contributed by atoms with Crippen molar-refractivity contribution >= 4 is 5.91 Å². The summed E-state index contributed by atoms with van der Waals surface area (Å²) >= 11 is 0. The van der Waals surface area contributed by atoms with Crippen molar-refractivity contribution < 1.29 is 14.3 Å². The van der Waals surface area contributed by atoms with Crippen LogP contribution in [0.3, 0.4) is 0 Å². The fourth-order valence-corrected chi connectivity index (χ4v) is 2.12. The standard InChI is InChI=1S/C16H18FN3O2/c1-9-14(8-18-11(3)19-9)16(22)20-10(2)15(21)12-4-6-13(17)7-5-12/h4-8,10,15,21H,1-3H3,(H,20,22). The lowest BCUT2D eigenvalue weighted by molar-refractivity contribution is 0.0850. The lowest BCUT2D eigenvalue weighted by Gasteiger charge is -2.21. The van der Waals surface area contributed by atoms with Crippen LogP contribution in [0.1, 0.15) is 40.5 Å². The van der Waals surface area contributed by atoms with Crippen molar-refractivity contribution in [2.75, 3.05) is 0 Å². The Morgan fingerprint density at radius 3 is 2.50 bits per heavy atom. The maximum absolute atomic E-state index is 12.9. The maximum Gasteiger partial charge on any atom is 0.255 e. The molecule has 116 valence electrons. The molecule has 6 heteroatoms. The lowest BCUT2D eigenvalue weighted by Crippen LogP contribution is -2.37. The zero-order valence-corrected chi connectivity index (χ0v) is 12.7. The Balaban J connectivity index is 2.08. The van der Waals surface area contributed by atoms with Crippen LogP contribution in [0.2, 0.25) is 0 Å². The van der Waals surface area contributed by atoms with Crippen LogP contribution in [0.15, 0.2) is 30.5 Å². The van der Waals surface area contributed by atoms with E-state index in [0.29, 0.717) is 22.6 Å². The van der Waals surface area contributed by atoms with E-state index >= 15 is 0 Å². The summed E-state index contributed by atoms with van der Waals surface area (Å²) in [6.45, 7) is 5.15. The van der Waals surface area contributed by atoms with Crippen molar-refractivity contribution in [2.24, 2.45) is 0 Å². The number of rotatable bonds is 4. The highest BCUT2D eigenvalue weighted by molar-refractivity contribution is 5.95. The van der Waals surface area contributed by atoms with E-state index in [1.807, 2.05) is 0 Å². The van der Waals surface area contributed by atoms with Gasteiger partial charge in [0, 0.05) is 6.20 Å². The summed E-state index contributed by atoms with van der Waals surface area (Å²) in [5, 5.41) is 12.9. The Bertz CT molecular complexity index is 674. The van der Waals surface area contributed by atoms with Crippen molar-refractivity contribution in [3.63, 3.8) is 0 Å². The Labute approximate surface area is 128 Å². The minimum absolute atomic E-state index is 0.355. The summed E-state index contributed by atoms with van der Waals surface area (Å²) in [4.78, 5) is 20.4.